The van der Waals surface area contributed by atoms with Crippen LogP contribution in [-0.4, -0.2) is 14.5 Å². The molecule has 80 valence electrons. The summed E-state index contributed by atoms with van der Waals surface area (Å²) >= 11 is 1.65. The Hall–Kier alpha value is -1.65. The van der Waals surface area contributed by atoms with Crippen molar-refractivity contribution >= 4 is 16.9 Å². The predicted octanol–water partition coefficient (Wildman–Crippen LogP) is 2.56. The van der Waals surface area contributed by atoms with Crippen molar-refractivity contribution in [1.29, 1.82) is 0 Å². The number of fused-ring (bicyclic) bond motifs is 1. The zero-order chi connectivity index (χ0) is 11.0. The molecule has 0 unspecified atom stereocenters. The average Bonchev–Trinajstić information content (AvgIpc) is 2.95. The number of rotatable bonds is 2. The summed E-state index contributed by atoms with van der Waals surface area (Å²) in [6.07, 6.45) is 1.97. The second-order valence-electron chi connectivity index (χ2n) is 3.47. The third-order valence-corrected chi connectivity index (χ3v) is 3.38. The number of aromatic nitrogens is 2. The number of aliphatic hydroxyl groups is 1. The van der Waals surface area contributed by atoms with E-state index in [9.17, 15) is 5.11 Å². The molecule has 1 N–H and O–H groups in total. The first-order valence-electron chi connectivity index (χ1n) is 5.01. The summed E-state index contributed by atoms with van der Waals surface area (Å²) in [7, 11) is 0. The number of nitrogens with zero attached hydrogens (tertiary/aromatic N) is 2. The lowest BCUT2D eigenvalue weighted by molar-refractivity contribution is 0.279. The molecule has 0 bridgehead atoms. The number of pyridine rings is 1. The van der Waals surface area contributed by atoms with Gasteiger partial charge in [-0.15, -0.1) is 11.3 Å². The monoisotopic (exact) mass is 230 g/mol. The maximum absolute atomic E-state index is 9.27. The van der Waals surface area contributed by atoms with E-state index in [4.69, 9.17) is 0 Å². The van der Waals surface area contributed by atoms with E-state index in [1.165, 1.54) is 0 Å². The van der Waals surface area contributed by atoms with Crippen LogP contribution in [0.1, 0.15) is 5.69 Å². The molecular weight excluding hydrogens is 220 g/mol. The minimum atomic E-state index is -0.0289. The Morgan fingerprint density at radius 2 is 2.19 bits per heavy atom. The van der Waals surface area contributed by atoms with Crippen LogP contribution in [0.3, 0.4) is 0 Å². The maximum Gasteiger partial charge on any atom is 0.155 e. The average molecular weight is 230 g/mol. The molecule has 0 saturated carbocycles. The van der Waals surface area contributed by atoms with E-state index in [2.05, 4.69) is 4.98 Å². The largest absolute Gasteiger partial charge is 0.390 e. The highest BCUT2D eigenvalue weighted by atomic mass is 32.1. The third kappa shape index (κ3) is 1.35. The van der Waals surface area contributed by atoms with Crippen molar-refractivity contribution < 1.29 is 5.11 Å². The number of hydrogen-bond acceptors (Lipinski definition) is 3. The summed E-state index contributed by atoms with van der Waals surface area (Å²) in [5.74, 6) is 0.898. The van der Waals surface area contributed by atoms with Crippen LogP contribution in [0.25, 0.3) is 16.2 Å². The van der Waals surface area contributed by atoms with E-state index in [-0.39, 0.29) is 6.61 Å². The van der Waals surface area contributed by atoms with Crippen molar-refractivity contribution in [3.63, 3.8) is 0 Å². The van der Waals surface area contributed by atoms with Crippen LogP contribution >= 0.6 is 11.3 Å². The lowest BCUT2D eigenvalue weighted by atomic mass is 10.3. The lowest BCUT2D eigenvalue weighted by Crippen LogP contribution is -1.85. The Labute approximate surface area is 96.6 Å². The van der Waals surface area contributed by atoms with Gasteiger partial charge >= 0.3 is 0 Å². The molecule has 0 fully saturated rings. The summed E-state index contributed by atoms with van der Waals surface area (Å²) in [6.45, 7) is -0.0289. The number of aliphatic hydroxyl groups excluding tert-OH is 1. The Balaban J connectivity index is 2.33. The van der Waals surface area contributed by atoms with Gasteiger partial charge in [-0.1, -0.05) is 12.1 Å². The summed E-state index contributed by atoms with van der Waals surface area (Å²) in [6, 6.07) is 9.92. The molecule has 3 heterocycles. The highest BCUT2D eigenvalue weighted by Crippen LogP contribution is 2.26. The van der Waals surface area contributed by atoms with E-state index < -0.39 is 0 Å². The van der Waals surface area contributed by atoms with E-state index in [0.29, 0.717) is 0 Å². The number of hydrogen-bond donors (Lipinski definition) is 1. The lowest BCUT2D eigenvalue weighted by Gasteiger charge is -1.96. The highest BCUT2D eigenvalue weighted by Gasteiger charge is 2.11. The standard InChI is InChI=1S/C12H10N2OS/c15-8-9-10-4-1-2-6-14(10)12(13-9)11-5-3-7-16-11/h1-7,15H,8H2. The molecule has 0 amide bonds. The van der Waals surface area contributed by atoms with Crippen molar-refractivity contribution in [2.75, 3.05) is 0 Å². The van der Waals surface area contributed by atoms with Gasteiger partial charge in [-0.25, -0.2) is 4.98 Å². The van der Waals surface area contributed by atoms with E-state index in [0.717, 1.165) is 21.9 Å². The van der Waals surface area contributed by atoms with Gasteiger partial charge in [0.25, 0.3) is 0 Å². The van der Waals surface area contributed by atoms with Gasteiger partial charge in [0.05, 0.1) is 22.7 Å². The summed E-state index contributed by atoms with van der Waals surface area (Å²) in [5, 5.41) is 11.3. The van der Waals surface area contributed by atoms with Gasteiger partial charge in [0.2, 0.25) is 0 Å². The second kappa shape index (κ2) is 3.73. The fourth-order valence-corrected chi connectivity index (χ4v) is 2.51. The van der Waals surface area contributed by atoms with Crippen LogP contribution in [0.4, 0.5) is 0 Å². The fourth-order valence-electron chi connectivity index (χ4n) is 1.80. The Kier molecular flexibility index (Phi) is 2.23. The molecule has 0 atom stereocenters. The van der Waals surface area contributed by atoms with Crippen LogP contribution < -0.4 is 0 Å². The molecule has 3 nitrogen and oxygen atoms in total. The van der Waals surface area contributed by atoms with Crippen molar-refractivity contribution in [2.24, 2.45) is 0 Å². The Morgan fingerprint density at radius 3 is 2.94 bits per heavy atom. The van der Waals surface area contributed by atoms with Crippen LogP contribution in [0.5, 0.6) is 0 Å². The first-order valence-corrected chi connectivity index (χ1v) is 5.89. The van der Waals surface area contributed by atoms with Crippen molar-refractivity contribution in [2.45, 2.75) is 6.61 Å². The van der Waals surface area contributed by atoms with Crippen molar-refractivity contribution in [3.05, 3.63) is 47.6 Å². The Bertz CT molecular complexity index is 613. The number of imidazole rings is 1. The zero-order valence-electron chi connectivity index (χ0n) is 8.50. The van der Waals surface area contributed by atoms with Crippen LogP contribution in [-0.2, 0) is 6.61 Å². The van der Waals surface area contributed by atoms with Crippen molar-refractivity contribution in [1.82, 2.24) is 9.38 Å². The van der Waals surface area contributed by atoms with Gasteiger partial charge in [-0.3, -0.25) is 4.40 Å². The SMILES string of the molecule is OCc1nc(-c2cccs2)n2ccccc12. The molecule has 3 aromatic heterocycles. The van der Waals surface area contributed by atoms with E-state index in [1.807, 2.05) is 46.3 Å². The quantitative estimate of drug-likeness (QED) is 0.734. The van der Waals surface area contributed by atoms with Crippen LogP contribution in [0.2, 0.25) is 0 Å². The number of thiophene rings is 1. The summed E-state index contributed by atoms with van der Waals surface area (Å²) in [4.78, 5) is 5.59. The highest BCUT2D eigenvalue weighted by molar-refractivity contribution is 7.13. The van der Waals surface area contributed by atoms with Gasteiger partial charge in [-0.2, -0.15) is 0 Å². The van der Waals surface area contributed by atoms with E-state index in [1.54, 1.807) is 11.3 Å². The molecule has 0 spiro atoms. The summed E-state index contributed by atoms with van der Waals surface area (Å²) in [5.41, 5.74) is 1.69. The molecule has 16 heavy (non-hydrogen) atoms. The van der Waals surface area contributed by atoms with E-state index >= 15 is 0 Å². The topological polar surface area (TPSA) is 37.5 Å². The van der Waals surface area contributed by atoms with Gasteiger partial charge in [0.15, 0.2) is 5.82 Å². The maximum atomic E-state index is 9.27. The molecule has 0 aliphatic carbocycles. The minimum Gasteiger partial charge on any atom is -0.390 e. The third-order valence-electron chi connectivity index (χ3n) is 2.52. The zero-order valence-corrected chi connectivity index (χ0v) is 9.31. The Morgan fingerprint density at radius 1 is 1.25 bits per heavy atom. The second-order valence-corrected chi connectivity index (χ2v) is 4.42. The first-order chi connectivity index (χ1) is 7.90. The minimum absolute atomic E-state index is 0.0289. The van der Waals surface area contributed by atoms with Crippen molar-refractivity contribution in [3.8, 4) is 10.7 Å². The summed E-state index contributed by atoms with van der Waals surface area (Å²) < 4.78 is 2.01. The molecular formula is C12H10N2OS. The fraction of sp³-hybridized carbons (Fsp3) is 0.0833. The molecule has 3 aromatic rings. The van der Waals surface area contributed by atoms with Gasteiger partial charge in [0.1, 0.15) is 0 Å². The van der Waals surface area contributed by atoms with Crippen LogP contribution in [0, 0.1) is 0 Å². The molecule has 4 heteroatoms. The van der Waals surface area contributed by atoms with Crippen LogP contribution in [0.15, 0.2) is 41.9 Å². The van der Waals surface area contributed by atoms with Gasteiger partial charge < -0.3 is 5.11 Å². The van der Waals surface area contributed by atoms with Gasteiger partial charge in [-0.05, 0) is 23.6 Å². The molecule has 3 rings (SSSR count). The molecule has 0 aliphatic rings. The normalized spacial score (nSPS) is 11.1. The molecule has 0 saturated heterocycles. The molecule has 0 aliphatic heterocycles. The predicted molar refractivity (Wildman–Crippen MR) is 64.4 cm³/mol. The first kappa shape index (κ1) is 9.57. The van der Waals surface area contributed by atoms with Gasteiger partial charge in [0, 0.05) is 6.20 Å². The molecule has 0 radical (unpaired) electrons. The molecule has 0 aromatic carbocycles. The smallest absolute Gasteiger partial charge is 0.155 e.